The predicted molar refractivity (Wildman–Crippen MR) is 131 cm³/mol. The molecule has 0 fully saturated rings. The number of nitrogens with two attached hydrogens (primary N) is 1. The second kappa shape index (κ2) is 20.6. The van der Waals surface area contributed by atoms with Gasteiger partial charge in [0.2, 0.25) is 0 Å². The number of hydrogen-bond acceptors (Lipinski definition) is 8. The van der Waals surface area contributed by atoms with Crippen LogP contribution in [-0.2, 0) is 34.0 Å². The molecule has 34 heavy (non-hydrogen) atoms. The van der Waals surface area contributed by atoms with E-state index in [9.17, 15) is 22.8 Å². The summed E-state index contributed by atoms with van der Waals surface area (Å²) < 4.78 is 40.9. The predicted octanol–water partition coefficient (Wildman–Crippen LogP) is 4.24. The lowest BCUT2D eigenvalue weighted by molar-refractivity contribution is -0.161. The van der Waals surface area contributed by atoms with E-state index in [1.165, 1.54) is 38.5 Å². The molecular formula is C24H43NO8S. The summed E-state index contributed by atoms with van der Waals surface area (Å²) in [6, 6.07) is 0. The maximum Gasteiger partial charge on any atom is 0.327 e. The molecule has 0 spiro atoms. The number of unbranched alkanes of at least 4 members (excludes halogenated alkanes) is 11. The van der Waals surface area contributed by atoms with Crippen molar-refractivity contribution in [3.63, 3.8) is 0 Å². The summed E-state index contributed by atoms with van der Waals surface area (Å²) in [5.41, 5.74) is 5.15. The highest BCUT2D eigenvalue weighted by molar-refractivity contribution is 7.87. The monoisotopic (exact) mass is 505 g/mol. The Bertz CT molecular complexity index is 706. The van der Waals surface area contributed by atoms with Crippen molar-refractivity contribution in [1.29, 1.82) is 0 Å². The fraction of sp³-hybridized carbons (Fsp3) is 0.792. The zero-order chi connectivity index (χ0) is 25.7. The summed E-state index contributed by atoms with van der Waals surface area (Å²) in [6.45, 7) is 1.90. The fourth-order valence-corrected chi connectivity index (χ4v) is 3.93. The topological polar surface area (TPSA) is 150 Å². The van der Waals surface area contributed by atoms with E-state index >= 15 is 0 Å². The molecule has 0 saturated carbocycles. The summed E-state index contributed by atoms with van der Waals surface area (Å²) in [6.07, 6.45) is 18.0. The first kappa shape index (κ1) is 32.2. The Morgan fingerprint density at radius 1 is 0.853 bits per heavy atom. The summed E-state index contributed by atoms with van der Waals surface area (Å²) >= 11 is 0. The Morgan fingerprint density at radius 2 is 1.38 bits per heavy atom. The molecule has 0 radical (unpaired) electrons. The Hall–Kier alpha value is -1.78. The number of rotatable bonds is 21. The third-order valence-corrected chi connectivity index (χ3v) is 6.29. The molecule has 1 atom stereocenters. The molecule has 0 aliphatic rings. The van der Waals surface area contributed by atoms with Gasteiger partial charge in [0.1, 0.15) is 6.61 Å². The van der Waals surface area contributed by atoms with Gasteiger partial charge < -0.3 is 15.2 Å². The Labute approximate surface area is 204 Å². The number of allylic oxidation sites excluding steroid dienone is 2. The van der Waals surface area contributed by atoms with Gasteiger partial charge in [-0.25, -0.2) is 0 Å². The van der Waals surface area contributed by atoms with E-state index in [1.807, 2.05) is 0 Å². The summed E-state index contributed by atoms with van der Waals surface area (Å²) in [5, 5.41) is -2.15. The van der Waals surface area contributed by atoms with Crippen LogP contribution in [0.3, 0.4) is 0 Å². The first-order valence-corrected chi connectivity index (χ1v) is 13.9. The molecule has 10 heteroatoms. The van der Waals surface area contributed by atoms with Crippen molar-refractivity contribution in [2.24, 2.45) is 5.73 Å². The van der Waals surface area contributed by atoms with Crippen LogP contribution in [0.25, 0.3) is 0 Å². The quantitative estimate of drug-likeness (QED) is 0.0767. The van der Waals surface area contributed by atoms with Crippen LogP contribution in [0.4, 0.5) is 0 Å². The standard InChI is InChI=1S/C24H43NO8S/c1-2-3-4-5-6-7-8-9-10-11-12-13-14-15-16-17-22(26)33-23(27)20-21(34(29,30)31)24(28)32-19-18-25/h9-10,21H,2-8,11-20,25H2,1H3,(H,29,30,31)/b10-9-. The molecular weight excluding hydrogens is 462 g/mol. The van der Waals surface area contributed by atoms with Crippen LogP contribution in [0.2, 0.25) is 0 Å². The van der Waals surface area contributed by atoms with Crippen molar-refractivity contribution in [3.8, 4) is 0 Å². The number of carbonyl (C=O) groups excluding carboxylic acids is 3. The zero-order valence-corrected chi connectivity index (χ0v) is 21.4. The molecule has 0 heterocycles. The molecule has 3 N–H and O–H groups in total. The molecule has 198 valence electrons. The number of carbonyl (C=O) groups is 3. The van der Waals surface area contributed by atoms with Gasteiger partial charge in [0.05, 0.1) is 6.42 Å². The number of esters is 3. The third-order valence-electron chi connectivity index (χ3n) is 5.21. The lowest BCUT2D eigenvalue weighted by Crippen LogP contribution is -2.35. The second-order valence-corrected chi connectivity index (χ2v) is 9.94. The summed E-state index contributed by atoms with van der Waals surface area (Å²) in [4.78, 5) is 35.2. The number of hydrogen-bond donors (Lipinski definition) is 2. The minimum Gasteiger partial charge on any atom is -0.463 e. The van der Waals surface area contributed by atoms with Gasteiger partial charge in [0, 0.05) is 13.0 Å². The highest BCUT2D eigenvalue weighted by atomic mass is 32.2. The molecule has 0 aliphatic carbocycles. The molecule has 1 unspecified atom stereocenters. The van der Waals surface area contributed by atoms with Gasteiger partial charge >= 0.3 is 17.9 Å². The van der Waals surface area contributed by atoms with E-state index in [-0.39, 0.29) is 19.6 Å². The van der Waals surface area contributed by atoms with E-state index in [0.29, 0.717) is 6.42 Å². The third kappa shape index (κ3) is 18.6. The molecule has 9 nitrogen and oxygen atoms in total. The molecule has 0 bridgehead atoms. The van der Waals surface area contributed by atoms with Gasteiger partial charge in [0.15, 0.2) is 5.25 Å². The van der Waals surface area contributed by atoms with E-state index in [4.69, 9.17) is 10.3 Å². The molecule has 0 amide bonds. The Balaban J connectivity index is 3.87. The Morgan fingerprint density at radius 3 is 1.91 bits per heavy atom. The second-order valence-electron chi connectivity index (χ2n) is 8.34. The van der Waals surface area contributed by atoms with Crippen molar-refractivity contribution >= 4 is 28.0 Å². The van der Waals surface area contributed by atoms with E-state index < -0.39 is 39.7 Å². The smallest absolute Gasteiger partial charge is 0.327 e. The summed E-state index contributed by atoms with van der Waals surface area (Å²) in [7, 11) is -4.90. The van der Waals surface area contributed by atoms with Crippen molar-refractivity contribution < 1.29 is 36.8 Å². The van der Waals surface area contributed by atoms with Crippen molar-refractivity contribution in [3.05, 3.63) is 12.2 Å². The van der Waals surface area contributed by atoms with Crippen LogP contribution in [0.15, 0.2) is 12.2 Å². The van der Waals surface area contributed by atoms with Crippen LogP contribution < -0.4 is 5.73 Å². The first-order valence-electron chi connectivity index (χ1n) is 12.4. The fourth-order valence-electron chi connectivity index (χ4n) is 3.27. The van der Waals surface area contributed by atoms with Gasteiger partial charge in [-0.3, -0.25) is 18.9 Å². The van der Waals surface area contributed by atoms with Gasteiger partial charge in [-0.15, -0.1) is 0 Å². The van der Waals surface area contributed by atoms with Crippen LogP contribution in [0.1, 0.15) is 103 Å². The Kier molecular flexibility index (Phi) is 19.5. The van der Waals surface area contributed by atoms with Crippen LogP contribution in [-0.4, -0.2) is 49.3 Å². The van der Waals surface area contributed by atoms with Crippen molar-refractivity contribution in [2.75, 3.05) is 13.2 Å². The SMILES string of the molecule is CCCCCCCC/C=C\CCCCCCCC(=O)OC(=O)CC(C(=O)OCCN)S(=O)(=O)O. The number of ether oxygens (including phenoxy) is 2. The molecule has 0 rings (SSSR count). The molecule has 0 aliphatic heterocycles. The minimum absolute atomic E-state index is 0.0120. The van der Waals surface area contributed by atoms with E-state index in [0.717, 1.165) is 38.5 Å². The zero-order valence-electron chi connectivity index (χ0n) is 20.5. The average molecular weight is 506 g/mol. The van der Waals surface area contributed by atoms with E-state index in [1.54, 1.807) is 0 Å². The largest absolute Gasteiger partial charge is 0.463 e. The highest BCUT2D eigenvalue weighted by Gasteiger charge is 2.36. The van der Waals surface area contributed by atoms with Gasteiger partial charge in [-0.05, 0) is 32.1 Å². The maximum atomic E-state index is 11.8. The van der Waals surface area contributed by atoms with Crippen molar-refractivity contribution in [1.82, 2.24) is 0 Å². The molecule has 0 saturated heterocycles. The van der Waals surface area contributed by atoms with E-state index in [2.05, 4.69) is 28.5 Å². The lowest BCUT2D eigenvalue weighted by atomic mass is 10.1. The normalized spacial score (nSPS) is 12.6. The van der Waals surface area contributed by atoms with Crippen LogP contribution in [0.5, 0.6) is 0 Å². The highest BCUT2D eigenvalue weighted by Crippen LogP contribution is 2.12. The summed E-state index contributed by atoms with van der Waals surface area (Å²) in [5.74, 6) is -3.34. The van der Waals surface area contributed by atoms with Crippen molar-refractivity contribution in [2.45, 2.75) is 108 Å². The lowest BCUT2D eigenvalue weighted by Gasteiger charge is -2.12. The van der Waals surface area contributed by atoms with Gasteiger partial charge in [0.25, 0.3) is 10.1 Å². The molecule has 0 aromatic carbocycles. The minimum atomic E-state index is -4.90. The van der Waals surface area contributed by atoms with Crippen LogP contribution >= 0.6 is 0 Å². The maximum absolute atomic E-state index is 11.8. The van der Waals surface area contributed by atoms with Gasteiger partial charge in [-0.2, -0.15) is 8.42 Å². The molecule has 0 aromatic rings. The first-order chi connectivity index (χ1) is 16.2. The van der Waals surface area contributed by atoms with Gasteiger partial charge in [-0.1, -0.05) is 70.4 Å². The van der Waals surface area contributed by atoms with Crippen LogP contribution in [0, 0.1) is 0 Å². The average Bonchev–Trinajstić information content (AvgIpc) is 2.77. The molecule has 0 aromatic heterocycles.